The maximum absolute atomic E-state index is 13.2. The quantitative estimate of drug-likeness (QED) is 0.418. The Bertz CT molecular complexity index is 1230. The van der Waals surface area contributed by atoms with E-state index in [2.05, 4.69) is 10.9 Å². The summed E-state index contributed by atoms with van der Waals surface area (Å²) >= 11 is 1.56. The minimum absolute atomic E-state index is 0.0981. The van der Waals surface area contributed by atoms with Crippen LogP contribution in [0.2, 0.25) is 0 Å². The van der Waals surface area contributed by atoms with Gasteiger partial charge in [0.05, 0.1) is 13.1 Å². The first kappa shape index (κ1) is 22.1. The summed E-state index contributed by atoms with van der Waals surface area (Å²) in [5.74, 6) is 2.12. The summed E-state index contributed by atoms with van der Waals surface area (Å²) in [6.45, 7) is 4.49. The van der Waals surface area contributed by atoms with Crippen LogP contribution < -0.4 is 21.9 Å². The van der Waals surface area contributed by atoms with Crippen molar-refractivity contribution in [2.45, 2.75) is 26.9 Å². The lowest BCUT2D eigenvalue weighted by Crippen LogP contribution is -2.39. The molecule has 0 radical (unpaired) electrons. The maximum atomic E-state index is 13.2. The number of ketones is 1. The number of nitrogen functional groups attached to an aromatic ring is 1. The topological polar surface area (TPSA) is 101 Å². The third-order valence-corrected chi connectivity index (χ3v) is 5.57. The lowest BCUT2D eigenvalue weighted by atomic mass is 10.1. The lowest BCUT2D eigenvalue weighted by molar-refractivity contribution is 0.0997. The van der Waals surface area contributed by atoms with E-state index in [0.29, 0.717) is 18.7 Å². The van der Waals surface area contributed by atoms with Crippen molar-refractivity contribution in [3.05, 3.63) is 78.6 Å². The number of benzene rings is 1. The first-order chi connectivity index (χ1) is 14.8. The summed E-state index contributed by atoms with van der Waals surface area (Å²) in [6.07, 6.45) is 5.53. The number of aromatic amines is 1. The van der Waals surface area contributed by atoms with Crippen LogP contribution in [0.25, 0.3) is 0 Å². The molecule has 0 saturated heterocycles. The van der Waals surface area contributed by atoms with Crippen LogP contribution >= 0.6 is 11.3 Å². The van der Waals surface area contributed by atoms with Crippen molar-refractivity contribution in [2.75, 3.05) is 17.2 Å². The highest BCUT2D eigenvalue weighted by atomic mass is 32.1. The van der Waals surface area contributed by atoms with Gasteiger partial charge in [0.1, 0.15) is 11.4 Å². The van der Waals surface area contributed by atoms with Gasteiger partial charge >= 0.3 is 5.69 Å². The van der Waals surface area contributed by atoms with Crippen LogP contribution in [-0.4, -0.2) is 21.9 Å². The molecule has 0 unspecified atom stereocenters. The number of hydrogen-bond acceptors (Lipinski definition) is 6. The summed E-state index contributed by atoms with van der Waals surface area (Å²) in [7, 11) is 0. The van der Waals surface area contributed by atoms with Gasteiger partial charge in [-0.05, 0) is 35.6 Å². The van der Waals surface area contributed by atoms with E-state index in [4.69, 9.17) is 12.2 Å². The van der Waals surface area contributed by atoms with Crippen LogP contribution in [0.4, 0.5) is 11.5 Å². The highest BCUT2D eigenvalue weighted by Gasteiger charge is 2.22. The van der Waals surface area contributed by atoms with Crippen molar-refractivity contribution >= 4 is 28.6 Å². The van der Waals surface area contributed by atoms with Gasteiger partial charge in [0.25, 0.3) is 5.56 Å². The average Bonchev–Trinajstić information content (AvgIpc) is 3.23. The van der Waals surface area contributed by atoms with Gasteiger partial charge in [-0.1, -0.05) is 31.9 Å². The molecule has 2 heterocycles. The van der Waals surface area contributed by atoms with Crippen LogP contribution in [0.3, 0.4) is 0 Å². The molecule has 0 aliphatic rings. The number of nitrogens with one attached hydrogen (secondary N) is 1. The van der Waals surface area contributed by atoms with Crippen molar-refractivity contribution in [1.82, 2.24) is 9.55 Å². The normalized spacial score (nSPS) is 10.8. The van der Waals surface area contributed by atoms with Gasteiger partial charge in [-0.2, -0.15) is 0 Å². The van der Waals surface area contributed by atoms with Crippen molar-refractivity contribution < 1.29 is 4.79 Å². The van der Waals surface area contributed by atoms with E-state index >= 15 is 0 Å². The third-order valence-electron chi connectivity index (χ3n) is 4.71. The van der Waals surface area contributed by atoms with Crippen LogP contribution in [0.1, 0.15) is 34.6 Å². The molecule has 1 aromatic carbocycles. The van der Waals surface area contributed by atoms with E-state index in [1.165, 1.54) is 4.57 Å². The number of Topliss-reactive ketones (excluding diaryl/α,β-unsaturated/α-hetero) is 1. The fourth-order valence-electron chi connectivity index (χ4n) is 3.28. The number of thiophene rings is 1. The summed E-state index contributed by atoms with van der Waals surface area (Å²) in [6, 6.07) is 11.2. The van der Waals surface area contributed by atoms with Gasteiger partial charge in [-0.25, -0.2) is 4.79 Å². The highest BCUT2D eigenvalue weighted by molar-refractivity contribution is 7.09. The summed E-state index contributed by atoms with van der Waals surface area (Å²) < 4.78 is 1.24. The molecule has 8 heteroatoms. The number of carbonyl (C=O) groups is 1. The standard InChI is InChI=1S/C23H24N4O3S/c1-4-16-7-5-8-17(11-16)26(13-18-9-6-10-31-18)14-19(28)20-21(24)27(12-15(2)3)23(30)25-22(20)29/h1,5-11,15H,12-14,24H2,2-3H3,(H,25,29,30). The molecule has 0 fully saturated rings. The highest BCUT2D eigenvalue weighted by Crippen LogP contribution is 2.22. The summed E-state index contributed by atoms with van der Waals surface area (Å²) in [4.78, 5) is 43.0. The first-order valence-electron chi connectivity index (χ1n) is 9.80. The number of aromatic nitrogens is 2. The number of nitrogens with zero attached hydrogens (tertiary/aromatic N) is 2. The van der Waals surface area contributed by atoms with Crippen LogP contribution in [0.5, 0.6) is 0 Å². The predicted molar refractivity (Wildman–Crippen MR) is 125 cm³/mol. The molecule has 7 nitrogen and oxygen atoms in total. The third kappa shape index (κ3) is 5.13. The molecule has 160 valence electrons. The van der Waals surface area contributed by atoms with Crippen molar-refractivity contribution in [2.24, 2.45) is 5.92 Å². The van der Waals surface area contributed by atoms with Gasteiger partial charge in [-0.3, -0.25) is 19.1 Å². The minimum atomic E-state index is -0.777. The Morgan fingerprint density at radius 3 is 2.71 bits per heavy atom. The Kier molecular flexibility index (Phi) is 6.78. The Morgan fingerprint density at radius 1 is 1.29 bits per heavy atom. The lowest BCUT2D eigenvalue weighted by Gasteiger charge is -2.24. The Morgan fingerprint density at radius 2 is 2.06 bits per heavy atom. The number of hydrogen-bond donors (Lipinski definition) is 2. The molecule has 3 rings (SSSR count). The molecule has 0 saturated carbocycles. The second-order valence-corrected chi connectivity index (χ2v) is 8.61. The molecule has 0 aliphatic heterocycles. The molecule has 0 bridgehead atoms. The van der Waals surface area contributed by atoms with Crippen molar-refractivity contribution in [1.29, 1.82) is 0 Å². The molecule has 0 atom stereocenters. The zero-order valence-electron chi connectivity index (χ0n) is 17.4. The largest absolute Gasteiger partial charge is 0.384 e. The van der Waals surface area contributed by atoms with Crippen LogP contribution in [0.15, 0.2) is 51.4 Å². The predicted octanol–water partition coefficient (Wildman–Crippen LogP) is 2.71. The Balaban J connectivity index is 2.00. The van der Waals surface area contributed by atoms with E-state index < -0.39 is 17.0 Å². The van der Waals surface area contributed by atoms with E-state index in [0.717, 1.165) is 10.6 Å². The van der Waals surface area contributed by atoms with E-state index in [9.17, 15) is 14.4 Å². The molecule has 0 amide bonds. The van der Waals surface area contributed by atoms with Crippen molar-refractivity contribution in [3.8, 4) is 12.3 Å². The van der Waals surface area contributed by atoms with Gasteiger partial charge in [0.15, 0.2) is 5.78 Å². The van der Waals surface area contributed by atoms with Crippen LogP contribution in [-0.2, 0) is 13.1 Å². The smallest absolute Gasteiger partial charge is 0.329 e. The number of nitrogens with two attached hydrogens (primary N) is 1. The maximum Gasteiger partial charge on any atom is 0.329 e. The average molecular weight is 437 g/mol. The molecule has 3 aromatic rings. The molecule has 3 N–H and O–H groups in total. The fourth-order valence-corrected chi connectivity index (χ4v) is 4.00. The second kappa shape index (κ2) is 9.49. The van der Waals surface area contributed by atoms with Gasteiger partial charge in [0, 0.05) is 22.7 Å². The molecule has 0 aliphatic carbocycles. The number of terminal acetylenes is 1. The molecular weight excluding hydrogens is 412 g/mol. The summed E-state index contributed by atoms with van der Waals surface area (Å²) in [5.41, 5.74) is 5.94. The number of H-pyrrole nitrogens is 1. The zero-order valence-corrected chi connectivity index (χ0v) is 18.2. The van der Waals surface area contributed by atoms with E-state index in [-0.39, 0.29) is 23.8 Å². The SMILES string of the molecule is C#Cc1cccc(N(CC(=O)c2c(N)n(CC(C)C)c(=O)[nH]c2=O)Cc2cccs2)c1. The Hall–Kier alpha value is -3.57. The van der Waals surface area contributed by atoms with Gasteiger partial charge in [-0.15, -0.1) is 17.8 Å². The van der Waals surface area contributed by atoms with Gasteiger partial charge < -0.3 is 10.6 Å². The number of carbonyl (C=O) groups excluding carboxylic acids is 1. The van der Waals surface area contributed by atoms with Crippen LogP contribution in [0, 0.1) is 18.3 Å². The molecule has 0 spiro atoms. The molecule has 2 aromatic heterocycles. The first-order valence-corrected chi connectivity index (χ1v) is 10.7. The van der Waals surface area contributed by atoms with Crippen molar-refractivity contribution in [3.63, 3.8) is 0 Å². The number of rotatable bonds is 8. The minimum Gasteiger partial charge on any atom is -0.384 e. The second-order valence-electron chi connectivity index (χ2n) is 7.58. The fraction of sp³-hybridized carbons (Fsp3) is 0.261. The molecule has 31 heavy (non-hydrogen) atoms. The zero-order chi connectivity index (χ0) is 22.5. The van der Waals surface area contributed by atoms with E-state index in [1.807, 2.05) is 54.5 Å². The summed E-state index contributed by atoms with van der Waals surface area (Å²) in [5, 5.41) is 1.96. The Labute approximate surface area is 184 Å². The van der Waals surface area contributed by atoms with Gasteiger partial charge in [0.2, 0.25) is 0 Å². The molecular formula is C23H24N4O3S. The monoisotopic (exact) mass is 436 g/mol. The number of anilines is 2. The van der Waals surface area contributed by atoms with E-state index in [1.54, 1.807) is 17.4 Å².